The van der Waals surface area contributed by atoms with E-state index in [9.17, 15) is 87.9 Å². The number of carboxylic acids is 2. The van der Waals surface area contributed by atoms with Crippen molar-refractivity contribution in [3.8, 4) is 0 Å². The highest BCUT2D eigenvalue weighted by molar-refractivity contribution is 6.00. The van der Waals surface area contributed by atoms with Gasteiger partial charge in [-0.15, -0.1) is 0 Å². The van der Waals surface area contributed by atoms with E-state index in [2.05, 4.69) is 52.8 Å². The summed E-state index contributed by atoms with van der Waals surface area (Å²) < 4.78 is 0. The van der Waals surface area contributed by atoms with Crippen LogP contribution < -0.4 is 65.1 Å². The average Bonchev–Trinajstić information content (AvgIpc) is 3.36. The zero-order valence-electron chi connectivity index (χ0n) is 48.1. The van der Waals surface area contributed by atoms with E-state index in [4.69, 9.17) is 17.2 Å². The van der Waals surface area contributed by atoms with Crippen LogP contribution in [0.2, 0.25) is 0 Å². The molecule has 0 spiro atoms. The molecule has 12 atom stereocenters. The van der Waals surface area contributed by atoms with Gasteiger partial charge < -0.3 is 95.6 Å². The van der Waals surface area contributed by atoms with Crippen LogP contribution >= 0.6 is 0 Å². The van der Waals surface area contributed by atoms with Crippen molar-refractivity contribution in [2.24, 2.45) is 29.0 Å². The first kappa shape index (κ1) is 71.2. The van der Waals surface area contributed by atoms with Crippen LogP contribution in [0.5, 0.6) is 0 Å². The Morgan fingerprint density at radius 2 is 1.00 bits per heavy atom. The van der Waals surface area contributed by atoms with Crippen LogP contribution in [0.25, 0.3) is 10.9 Å². The maximum Gasteiger partial charge on any atom is 0.326 e. The van der Waals surface area contributed by atoms with Crippen LogP contribution in [0.1, 0.15) is 84.3 Å². The molecule has 0 aliphatic heterocycles. The van der Waals surface area contributed by atoms with Crippen LogP contribution in [0.3, 0.4) is 0 Å². The number of carbonyl (C=O) groups is 13. The number of amides is 11. The van der Waals surface area contributed by atoms with Crippen LogP contribution in [0.4, 0.5) is 0 Å². The normalized spacial score (nSPS) is 15.4. The van der Waals surface area contributed by atoms with Gasteiger partial charge in [0.05, 0.1) is 32.2 Å². The number of hydrogen-bond acceptors (Lipinski definition) is 17. The van der Waals surface area contributed by atoms with Crippen molar-refractivity contribution in [1.82, 2.24) is 52.8 Å². The largest absolute Gasteiger partial charge is 0.481 e. The lowest BCUT2D eigenvalue weighted by molar-refractivity contribution is -0.143. The lowest BCUT2D eigenvalue weighted by Gasteiger charge is -2.29. The van der Waals surface area contributed by atoms with Gasteiger partial charge in [-0.2, -0.15) is 0 Å². The van der Waals surface area contributed by atoms with Crippen molar-refractivity contribution in [3.05, 3.63) is 71.9 Å². The molecular weight excluding hydrogens is 1130 g/mol. The molecule has 0 saturated heterocycles. The van der Waals surface area contributed by atoms with Crippen molar-refractivity contribution in [1.29, 1.82) is 0 Å². The molecule has 0 saturated carbocycles. The predicted molar refractivity (Wildman–Crippen MR) is 304 cm³/mol. The minimum atomic E-state index is -2.00. The Kier molecular flexibility index (Phi) is 28.7. The van der Waals surface area contributed by atoms with Crippen molar-refractivity contribution in [2.75, 3.05) is 13.2 Å². The Labute approximate surface area is 493 Å². The van der Waals surface area contributed by atoms with E-state index in [1.165, 1.54) is 6.20 Å². The number of primary amides is 2. The summed E-state index contributed by atoms with van der Waals surface area (Å²) in [6.45, 7) is 5.94. The average molecular weight is 1210 g/mol. The van der Waals surface area contributed by atoms with E-state index < -0.39 is 188 Å². The molecule has 0 radical (unpaired) electrons. The van der Waals surface area contributed by atoms with Gasteiger partial charge >= 0.3 is 11.9 Å². The van der Waals surface area contributed by atoms with Gasteiger partial charge in [0.1, 0.15) is 60.4 Å². The molecule has 11 amide bonds. The number of aliphatic hydroxyl groups excluding tert-OH is 3. The lowest BCUT2D eigenvalue weighted by atomic mass is 9.96. The number of rotatable bonds is 37. The summed E-state index contributed by atoms with van der Waals surface area (Å²) in [6.07, 6.45) is -3.61. The molecule has 0 unspecified atom stereocenters. The smallest absolute Gasteiger partial charge is 0.326 e. The molecule has 3 aromatic rings. The number of benzene rings is 2. The van der Waals surface area contributed by atoms with E-state index in [0.717, 1.165) is 6.92 Å². The van der Waals surface area contributed by atoms with E-state index in [0.29, 0.717) is 28.5 Å². The second-order valence-corrected chi connectivity index (χ2v) is 21.0. The Balaban J connectivity index is 1.96. The van der Waals surface area contributed by atoms with Crippen LogP contribution in [0, 0.1) is 11.8 Å². The van der Waals surface area contributed by atoms with Crippen LogP contribution in [-0.4, -0.2) is 187 Å². The number of H-pyrrole nitrogens is 1. The van der Waals surface area contributed by atoms with Gasteiger partial charge in [0.15, 0.2) is 0 Å². The van der Waals surface area contributed by atoms with Gasteiger partial charge in [-0.05, 0) is 48.8 Å². The Morgan fingerprint density at radius 3 is 1.53 bits per heavy atom. The Hall–Kier alpha value is -9.07. The topological polar surface area (TPSA) is 525 Å². The second-order valence-electron chi connectivity index (χ2n) is 21.0. The second kappa shape index (κ2) is 34.6. The molecule has 1 aromatic heterocycles. The Morgan fingerprint density at radius 1 is 0.523 bits per heavy atom. The first-order valence-electron chi connectivity index (χ1n) is 27.5. The fourth-order valence-electron chi connectivity index (χ4n) is 8.61. The summed E-state index contributed by atoms with van der Waals surface area (Å²) >= 11 is 0. The van der Waals surface area contributed by atoms with Gasteiger partial charge in [-0.3, -0.25) is 57.5 Å². The van der Waals surface area contributed by atoms with Gasteiger partial charge in [-0.1, -0.05) is 82.6 Å². The predicted octanol–water partition coefficient (Wildman–Crippen LogP) is -5.20. The summed E-state index contributed by atoms with van der Waals surface area (Å²) in [7, 11) is 0. The fraction of sp³-hybridized carbons (Fsp3) is 0.509. The zero-order valence-corrected chi connectivity index (χ0v) is 48.1. The third kappa shape index (κ3) is 22.8. The maximum absolute atomic E-state index is 14.5. The highest BCUT2D eigenvalue weighted by Gasteiger charge is 2.38. The molecule has 0 bridgehead atoms. The number of nitrogens with two attached hydrogens (primary N) is 3. The quantitative estimate of drug-likeness (QED) is 0.0257. The number of fused-ring (bicyclic) bond motifs is 1. The van der Waals surface area contributed by atoms with Crippen LogP contribution in [-0.2, 0) is 75.2 Å². The molecule has 31 heteroatoms. The number of aromatic nitrogens is 1. The van der Waals surface area contributed by atoms with Crippen LogP contribution in [0.15, 0.2) is 60.8 Å². The number of aromatic amines is 1. The van der Waals surface area contributed by atoms with Gasteiger partial charge in [0, 0.05) is 36.4 Å². The first-order valence-corrected chi connectivity index (χ1v) is 27.5. The van der Waals surface area contributed by atoms with E-state index >= 15 is 0 Å². The molecule has 21 N–H and O–H groups in total. The molecule has 472 valence electrons. The number of aliphatic carboxylic acids is 2. The summed E-state index contributed by atoms with van der Waals surface area (Å²) in [5, 5.41) is 72.0. The molecule has 1 heterocycles. The molecule has 0 fully saturated rings. The molecule has 2 aromatic carbocycles. The van der Waals surface area contributed by atoms with Crippen molar-refractivity contribution >= 4 is 87.8 Å². The monoisotopic (exact) mass is 1210 g/mol. The molecule has 31 nitrogen and oxygen atoms in total. The molecule has 0 aliphatic carbocycles. The molecule has 86 heavy (non-hydrogen) atoms. The SMILES string of the molecule is CC[C@H](C)[C@H](NC(=O)[C@@H](N)CO)C(=O)N[C@@H](CC(C)C)C(=O)N[C@@H](CC(=O)O)C(=O)N[C@@H](Cc1c[nH]c2ccccc12)C(=O)N[C@H](C(=O)N[C@@H](CO)C(=O)N[C@@H](Cc1ccccc1)C(=O)N[C@@H](CC(N)=O)C(=O)N[C@@H](CCC(N)=O)C(=O)O)[C@@H](C)O. The number of carboxylic acid groups (broad SMARTS) is 2. The third-order valence-electron chi connectivity index (χ3n) is 13.5. The summed E-state index contributed by atoms with van der Waals surface area (Å²) in [5.74, 6) is -16.1. The zero-order chi connectivity index (χ0) is 64.5. The van der Waals surface area contributed by atoms with Crippen molar-refractivity contribution in [2.45, 2.75) is 153 Å². The number of nitrogens with one attached hydrogen (secondary N) is 10. The van der Waals surface area contributed by atoms with Crippen molar-refractivity contribution < 1.29 is 87.9 Å². The Bertz CT molecular complexity index is 2890. The van der Waals surface area contributed by atoms with E-state index in [-0.39, 0.29) is 25.2 Å². The highest BCUT2D eigenvalue weighted by atomic mass is 16.4. The van der Waals surface area contributed by atoms with Gasteiger partial charge in [0.2, 0.25) is 65.0 Å². The number of carbonyl (C=O) groups excluding carboxylic acids is 11. The summed E-state index contributed by atoms with van der Waals surface area (Å²) in [4.78, 5) is 175. The minimum Gasteiger partial charge on any atom is -0.481 e. The third-order valence-corrected chi connectivity index (χ3v) is 13.5. The van der Waals surface area contributed by atoms with Gasteiger partial charge in [0.25, 0.3) is 0 Å². The number of aliphatic hydroxyl groups is 3. The standard InChI is InChI=1S/C55H79N13O18/c1-6-27(4)44(67-46(76)32(56)24-69)53(83)65-35(18-26(2)3)47(77)64-39(22-43(74)75)50(80)62-37(20-30-23-59-33-15-11-10-14-31(30)33)51(81)68-45(28(5)71)54(84)66-40(25-70)52(82)61-36(19-29-12-8-7-9-13-29)48(78)63-38(21-42(58)73)49(79)60-34(55(85)86)16-17-41(57)72/h7-15,23,26-28,32,34-40,44-45,59,69-71H,6,16-22,24-25,56H2,1-5H3,(H2,57,72)(H2,58,73)(H,60,79)(H,61,82)(H,62,80)(H,63,78)(H,64,77)(H,65,83)(H,66,84)(H,67,76)(H,68,81)(H,74,75)(H,85,86)/t27-,28+,32-,34-,35-,36-,37-,38-,39-,40-,44-,45-/m0/s1. The minimum absolute atomic E-state index is 0.0629. The summed E-state index contributed by atoms with van der Waals surface area (Å²) in [6, 6.07) is -2.30. The summed E-state index contributed by atoms with van der Waals surface area (Å²) in [5.41, 5.74) is 17.5. The number of hydrogen-bond donors (Lipinski definition) is 18. The lowest BCUT2D eigenvalue weighted by Crippen LogP contribution is -2.63. The number of para-hydroxylation sites is 1. The maximum atomic E-state index is 14.5. The van der Waals surface area contributed by atoms with Gasteiger partial charge in [-0.25, -0.2) is 4.79 Å². The fourth-order valence-corrected chi connectivity index (χ4v) is 8.61. The first-order chi connectivity index (χ1) is 40.5. The highest BCUT2D eigenvalue weighted by Crippen LogP contribution is 2.20. The molecule has 3 rings (SSSR count). The van der Waals surface area contributed by atoms with Crippen molar-refractivity contribution in [3.63, 3.8) is 0 Å². The van der Waals surface area contributed by atoms with E-state index in [1.54, 1.807) is 82.3 Å². The van der Waals surface area contributed by atoms with E-state index in [1.807, 2.05) is 0 Å². The molecular formula is C55H79N13O18. The molecule has 0 aliphatic rings.